The van der Waals surface area contributed by atoms with Crippen LogP contribution < -0.4 is 16.2 Å². The Morgan fingerprint density at radius 2 is 2.05 bits per heavy atom. The third kappa shape index (κ3) is 5.01. The zero-order valence-electron chi connectivity index (χ0n) is 11.5. The lowest BCUT2D eigenvalue weighted by Crippen LogP contribution is -2.46. The number of rotatable bonds is 4. The maximum absolute atomic E-state index is 11.9. The number of H-pyrrole nitrogens is 1. The van der Waals surface area contributed by atoms with Crippen molar-refractivity contribution in [2.75, 3.05) is 7.05 Å². The number of alkyl carbamates (subject to hydrolysis) is 1. The van der Waals surface area contributed by atoms with Gasteiger partial charge in [0.1, 0.15) is 5.60 Å². The Morgan fingerprint density at radius 1 is 1.37 bits per heavy atom. The monoisotopic (exact) mass is 268 g/mol. The molecule has 1 rings (SSSR count). The van der Waals surface area contributed by atoms with Crippen molar-refractivity contribution in [2.45, 2.75) is 32.4 Å². The molecule has 1 unspecified atom stereocenters. The zero-order chi connectivity index (χ0) is 14.5. The molecule has 0 spiro atoms. The van der Waals surface area contributed by atoms with Crippen LogP contribution in [0.1, 0.15) is 32.5 Å². The number of hydrazine groups is 1. The zero-order valence-corrected chi connectivity index (χ0v) is 11.5. The Morgan fingerprint density at radius 3 is 2.53 bits per heavy atom. The van der Waals surface area contributed by atoms with E-state index in [4.69, 9.17) is 4.74 Å². The average molecular weight is 268 g/mol. The highest BCUT2D eigenvalue weighted by Crippen LogP contribution is 2.13. The number of carbonyl (C=O) groups excluding carboxylic acids is 2. The van der Waals surface area contributed by atoms with Crippen LogP contribution in [-0.4, -0.2) is 29.6 Å². The summed E-state index contributed by atoms with van der Waals surface area (Å²) in [5.74, 6) is -0.393. The Bertz CT molecular complexity index is 423. The minimum absolute atomic E-state index is 0.393. The van der Waals surface area contributed by atoms with E-state index >= 15 is 0 Å². The van der Waals surface area contributed by atoms with E-state index in [1.807, 2.05) is 0 Å². The average Bonchev–Trinajstić information content (AvgIpc) is 2.76. The van der Waals surface area contributed by atoms with Crippen molar-refractivity contribution in [3.63, 3.8) is 0 Å². The Balaban J connectivity index is 2.76. The molecule has 1 atom stereocenters. The predicted molar refractivity (Wildman–Crippen MR) is 70.1 cm³/mol. The fraction of sp³-hybridized carbons (Fsp3) is 0.500. The van der Waals surface area contributed by atoms with Crippen LogP contribution in [0.2, 0.25) is 0 Å². The van der Waals surface area contributed by atoms with Crippen LogP contribution in [0, 0.1) is 0 Å². The molecular weight excluding hydrogens is 248 g/mol. The summed E-state index contributed by atoms with van der Waals surface area (Å²) in [4.78, 5) is 26.5. The van der Waals surface area contributed by atoms with Gasteiger partial charge in [-0.3, -0.25) is 10.2 Å². The third-order valence-electron chi connectivity index (χ3n) is 2.10. The minimum atomic E-state index is -0.850. The van der Waals surface area contributed by atoms with Gasteiger partial charge in [-0.05, 0) is 32.9 Å². The summed E-state index contributed by atoms with van der Waals surface area (Å²) in [5, 5.41) is 2.52. The van der Waals surface area contributed by atoms with Crippen molar-refractivity contribution in [1.82, 2.24) is 21.2 Å². The van der Waals surface area contributed by atoms with E-state index in [0.717, 1.165) is 0 Å². The second-order valence-corrected chi connectivity index (χ2v) is 4.94. The van der Waals surface area contributed by atoms with Crippen molar-refractivity contribution in [1.29, 1.82) is 0 Å². The molecule has 0 aliphatic rings. The summed E-state index contributed by atoms with van der Waals surface area (Å²) < 4.78 is 5.13. The topological polar surface area (TPSA) is 95.2 Å². The molecule has 1 heterocycles. The lowest BCUT2D eigenvalue weighted by atomic mass is 10.2. The molecule has 2 amide bonds. The maximum atomic E-state index is 11.9. The van der Waals surface area contributed by atoms with Crippen LogP contribution in [0.5, 0.6) is 0 Å². The molecule has 0 aliphatic heterocycles. The molecule has 0 aromatic carbocycles. The number of aromatic nitrogens is 1. The Kier molecular flexibility index (Phi) is 4.94. The number of nitrogens with one attached hydrogen (secondary N) is 4. The summed E-state index contributed by atoms with van der Waals surface area (Å²) in [6, 6.07) is 2.60. The second-order valence-electron chi connectivity index (χ2n) is 4.94. The summed E-state index contributed by atoms with van der Waals surface area (Å²) in [6.07, 6.45) is 1.02. The van der Waals surface area contributed by atoms with E-state index in [9.17, 15) is 9.59 Å². The molecule has 0 bridgehead atoms. The van der Waals surface area contributed by atoms with E-state index in [2.05, 4.69) is 21.2 Å². The Labute approximate surface area is 112 Å². The summed E-state index contributed by atoms with van der Waals surface area (Å²) in [7, 11) is 1.57. The molecule has 19 heavy (non-hydrogen) atoms. The second kappa shape index (κ2) is 6.24. The van der Waals surface area contributed by atoms with Gasteiger partial charge in [-0.2, -0.15) is 0 Å². The SMILES string of the molecule is CNNC(=O)C(NC(=O)OC(C)(C)C)c1ccc[nH]1. The molecule has 0 aliphatic carbocycles. The summed E-state index contributed by atoms with van der Waals surface area (Å²) >= 11 is 0. The lowest BCUT2D eigenvalue weighted by molar-refractivity contribution is -0.124. The van der Waals surface area contributed by atoms with Crippen LogP contribution in [-0.2, 0) is 9.53 Å². The van der Waals surface area contributed by atoms with Crippen LogP contribution >= 0.6 is 0 Å². The van der Waals surface area contributed by atoms with Gasteiger partial charge in [0.05, 0.1) is 0 Å². The molecular formula is C12H20N4O3. The van der Waals surface area contributed by atoms with Gasteiger partial charge in [0, 0.05) is 18.9 Å². The first-order chi connectivity index (χ1) is 8.83. The van der Waals surface area contributed by atoms with Gasteiger partial charge in [0.25, 0.3) is 5.91 Å². The maximum Gasteiger partial charge on any atom is 0.408 e. The van der Waals surface area contributed by atoms with Gasteiger partial charge < -0.3 is 15.0 Å². The van der Waals surface area contributed by atoms with Crippen molar-refractivity contribution in [2.24, 2.45) is 0 Å². The molecule has 7 heteroatoms. The first kappa shape index (κ1) is 15.0. The fourth-order valence-electron chi connectivity index (χ4n) is 1.43. The first-order valence-electron chi connectivity index (χ1n) is 5.93. The molecule has 1 aromatic rings. The number of carbonyl (C=O) groups is 2. The van der Waals surface area contributed by atoms with E-state index < -0.39 is 23.6 Å². The van der Waals surface area contributed by atoms with Crippen molar-refractivity contribution in [3.8, 4) is 0 Å². The molecule has 4 N–H and O–H groups in total. The third-order valence-corrected chi connectivity index (χ3v) is 2.10. The molecule has 1 aromatic heterocycles. The largest absolute Gasteiger partial charge is 0.444 e. The number of ether oxygens (including phenoxy) is 1. The van der Waals surface area contributed by atoms with Gasteiger partial charge in [-0.25, -0.2) is 10.2 Å². The number of amides is 2. The molecule has 0 saturated heterocycles. The van der Waals surface area contributed by atoms with Crippen molar-refractivity contribution >= 4 is 12.0 Å². The molecule has 106 valence electrons. The van der Waals surface area contributed by atoms with Gasteiger partial charge in [-0.1, -0.05) is 0 Å². The molecule has 7 nitrogen and oxygen atoms in total. The lowest BCUT2D eigenvalue weighted by Gasteiger charge is -2.22. The van der Waals surface area contributed by atoms with Crippen LogP contribution in [0.15, 0.2) is 18.3 Å². The summed E-state index contributed by atoms with van der Waals surface area (Å²) in [5.41, 5.74) is 4.90. The first-order valence-corrected chi connectivity index (χ1v) is 5.93. The fourth-order valence-corrected chi connectivity index (χ4v) is 1.43. The van der Waals surface area contributed by atoms with Gasteiger partial charge in [0.15, 0.2) is 6.04 Å². The van der Waals surface area contributed by atoms with Crippen LogP contribution in [0.25, 0.3) is 0 Å². The number of hydrogen-bond acceptors (Lipinski definition) is 4. The smallest absolute Gasteiger partial charge is 0.408 e. The van der Waals surface area contributed by atoms with E-state index in [1.54, 1.807) is 46.1 Å². The van der Waals surface area contributed by atoms with Gasteiger partial charge in [0.2, 0.25) is 0 Å². The Hall–Kier alpha value is -2.02. The van der Waals surface area contributed by atoms with Crippen LogP contribution in [0.4, 0.5) is 4.79 Å². The summed E-state index contributed by atoms with van der Waals surface area (Å²) in [6.45, 7) is 5.26. The molecule has 0 radical (unpaired) electrons. The highest BCUT2D eigenvalue weighted by Gasteiger charge is 2.26. The van der Waals surface area contributed by atoms with Crippen LogP contribution in [0.3, 0.4) is 0 Å². The predicted octanol–water partition coefficient (Wildman–Crippen LogP) is 0.831. The highest BCUT2D eigenvalue weighted by atomic mass is 16.6. The highest BCUT2D eigenvalue weighted by molar-refractivity contribution is 5.86. The normalized spacial score (nSPS) is 12.6. The van der Waals surface area contributed by atoms with E-state index in [0.29, 0.717) is 5.69 Å². The van der Waals surface area contributed by atoms with Gasteiger partial charge in [-0.15, -0.1) is 0 Å². The van der Waals surface area contributed by atoms with Crippen molar-refractivity contribution in [3.05, 3.63) is 24.0 Å². The van der Waals surface area contributed by atoms with E-state index in [-0.39, 0.29) is 0 Å². The van der Waals surface area contributed by atoms with Crippen molar-refractivity contribution < 1.29 is 14.3 Å². The quantitative estimate of drug-likeness (QED) is 0.608. The molecule has 0 saturated carbocycles. The number of aromatic amines is 1. The number of hydrogen-bond donors (Lipinski definition) is 4. The minimum Gasteiger partial charge on any atom is -0.444 e. The van der Waals surface area contributed by atoms with E-state index in [1.165, 1.54) is 0 Å². The standard InChI is InChI=1S/C12H20N4O3/c1-12(2,3)19-11(18)15-9(10(17)16-13-4)8-6-5-7-14-8/h5-7,9,13-14H,1-4H3,(H,15,18)(H,16,17). The molecule has 0 fully saturated rings. The van der Waals surface area contributed by atoms with Gasteiger partial charge >= 0.3 is 6.09 Å².